The molecule has 0 spiro atoms. The van der Waals surface area contributed by atoms with E-state index < -0.39 is 0 Å². The molecule has 7 heteroatoms. The maximum Gasteiger partial charge on any atom is 0.254 e. The van der Waals surface area contributed by atoms with Crippen LogP contribution in [0.3, 0.4) is 0 Å². The van der Waals surface area contributed by atoms with Gasteiger partial charge >= 0.3 is 0 Å². The average Bonchev–Trinajstić information content (AvgIpc) is 2.55. The molecule has 116 valence electrons. The molecule has 0 atom stereocenters. The van der Waals surface area contributed by atoms with Crippen LogP contribution in [0.25, 0.3) is 0 Å². The summed E-state index contributed by atoms with van der Waals surface area (Å²) < 4.78 is 4.89. The highest BCUT2D eigenvalue weighted by molar-refractivity contribution is 5.93. The first-order valence-electron chi connectivity index (χ1n) is 7.31. The summed E-state index contributed by atoms with van der Waals surface area (Å²) in [5.74, 6) is 0.522. The number of nitrogens with one attached hydrogen (secondary N) is 1. The Kier molecular flexibility index (Phi) is 5.89. The number of ether oxygens (including phenoxy) is 1. The molecule has 0 aliphatic carbocycles. The molecule has 0 bridgehead atoms. The highest BCUT2D eigenvalue weighted by atomic mass is 16.5. The number of amides is 1. The van der Waals surface area contributed by atoms with E-state index in [1.807, 2.05) is 0 Å². The molecule has 1 aliphatic rings. The van der Waals surface area contributed by atoms with Crippen LogP contribution in [0.4, 0.5) is 5.95 Å². The monoisotopic (exact) mass is 293 g/mol. The maximum atomic E-state index is 11.8. The number of rotatable bonds is 6. The second kappa shape index (κ2) is 7.90. The molecule has 2 rings (SSSR count). The minimum atomic E-state index is -0.172. The molecular weight excluding hydrogens is 270 g/mol. The third-order valence-corrected chi connectivity index (χ3v) is 3.59. The molecule has 1 aliphatic heterocycles. The second-order valence-electron chi connectivity index (χ2n) is 4.94. The molecular formula is C14H23N5O2. The van der Waals surface area contributed by atoms with Gasteiger partial charge in [0.05, 0.1) is 12.2 Å². The van der Waals surface area contributed by atoms with Gasteiger partial charge < -0.3 is 19.9 Å². The zero-order valence-electron chi connectivity index (χ0n) is 12.7. The largest absolute Gasteiger partial charge is 0.383 e. The van der Waals surface area contributed by atoms with Gasteiger partial charge in [-0.2, -0.15) is 0 Å². The predicted octanol–water partition coefficient (Wildman–Crippen LogP) is -0.00530. The minimum Gasteiger partial charge on any atom is -0.383 e. The van der Waals surface area contributed by atoms with E-state index in [0.29, 0.717) is 24.7 Å². The Morgan fingerprint density at radius 1 is 1.29 bits per heavy atom. The lowest BCUT2D eigenvalue weighted by Gasteiger charge is -2.33. The van der Waals surface area contributed by atoms with Gasteiger partial charge in [0.15, 0.2) is 0 Å². The van der Waals surface area contributed by atoms with Gasteiger partial charge in [-0.1, -0.05) is 6.92 Å². The zero-order chi connectivity index (χ0) is 15.1. The number of hydrogen-bond donors (Lipinski definition) is 1. The fraction of sp³-hybridized carbons (Fsp3) is 0.643. The number of piperazine rings is 1. The maximum absolute atomic E-state index is 11.8. The first-order chi connectivity index (χ1) is 10.2. The number of carbonyl (C=O) groups excluding carboxylic acids is 1. The number of anilines is 1. The summed E-state index contributed by atoms with van der Waals surface area (Å²) in [6.45, 7) is 8.12. The van der Waals surface area contributed by atoms with Crippen LogP contribution in [-0.2, 0) is 4.74 Å². The lowest BCUT2D eigenvalue weighted by molar-refractivity contribution is 0.0936. The molecule has 2 heterocycles. The smallest absolute Gasteiger partial charge is 0.254 e. The van der Waals surface area contributed by atoms with Crippen molar-refractivity contribution in [2.24, 2.45) is 0 Å². The van der Waals surface area contributed by atoms with Gasteiger partial charge in [0, 0.05) is 52.2 Å². The molecule has 1 aromatic rings. The van der Waals surface area contributed by atoms with E-state index in [1.54, 1.807) is 19.5 Å². The molecule has 1 saturated heterocycles. The van der Waals surface area contributed by atoms with Crippen LogP contribution < -0.4 is 10.2 Å². The van der Waals surface area contributed by atoms with Crippen LogP contribution in [0.5, 0.6) is 0 Å². The number of aromatic nitrogens is 2. The van der Waals surface area contributed by atoms with E-state index in [-0.39, 0.29) is 5.91 Å². The van der Waals surface area contributed by atoms with E-state index in [9.17, 15) is 4.79 Å². The van der Waals surface area contributed by atoms with Gasteiger partial charge in [-0.3, -0.25) is 4.79 Å². The summed E-state index contributed by atoms with van der Waals surface area (Å²) in [6, 6.07) is 0. The number of hydrogen-bond acceptors (Lipinski definition) is 6. The van der Waals surface area contributed by atoms with E-state index in [2.05, 4.69) is 32.0 Å². The van der Waals surface area contributed by atoms with Crippen molar-refractivity contribution < 1.29 is 9.53 Å². The lowest BCUT2D eigenvalue weighted by Crippen LogP contribution is -2.46. The fourth-order valence-corrected chi connectivity index (χ4v) is 2.23. The molecule has 1 amide bonds. The Bertz CT molecular complexity index is 443. The van der Waals surface area contributed by atoms with Crippen molar-refractivity contribution in [2.75, 3.05) is 57.9 Å². The second-order valence-corrected chi connectivity index (χ2v) is 4.94. The van der Waals surface area contributed by atoms with Gasteiger partial charge in [-0.05, 0) is 6.54 Å². The van der Waals surface area contributed by atoms with Crippen molar-refractivity contribution in [1.82, 2.24) is 20.2 Å². The number of nitrogens with zero attached hydrogens (tertiary/aromatic N) is 4. The Hall–Kier alpha value is -1.73. The van der Waals surface area contributed by atoms with Gasteiger partial charge in [0.25, 0.3) is 5.91 Å². The lowest BCUT2D eigenvalue weighted by atomic mass is 10.3. The normalized spacial score (nSPS) is 16.0. The van der Waals surface area contributed by atoms with Crippen LogP contribution in [-0.4, -0.2) is 73.8 Å². The first-order valence-corrected chi connectivity index (χ1v) is 7.31. The summed E-state index contributed by atoms with van der Waals surface area (Å²) in [5.41, 5.74) is 0.474. The van der Waals surface area contributed by atoms with Crippen molar-refractivity contribution in [3.8, 4) is 0 Å². The van der Waals surface area contributed by atoms with Crippen LogP contribution in [0.15, 0.2) is 12.4 Å². The standard InChI is InChI=1S/C14H23N5O2/c1-3-18-5-7-19(8-6-18)14-16-10-12(11-17-14)13(20)15-4-9-21-2/h10-11H,3-9H2,1-2H3,(H,15,20). The van der Waals surface area contributed by atoms with Crippen LogP contribution in [0, 0.1) is 0 Å². The molecule has 1 N–H and O–H groups in total. The van der Waals surface area contributed by atoms with Gasteiger partial charge in [0.1, 0.15) is 0 Å². The van der Waals surface area contributed by atoms with E-state index in [0.717, 1.165) is 32.7 Å². The van der Waals surface area contributed by atoms with Crippen molar-refractivity contribution in [2.45, 2.75) is 6.92 Å². The summed E-state index contributed by atoms with van der Waals surface area (Å²) in [6.07, 6.45) is 3.16. The van der Waals surface area contributed by atoms with Gasteiger partial charge in [-0.15, -0.1) is 0 Å². The Labute approximate surface area is 125 Å². The van der Waals surface area contributed by atoms with Gasteiger partial charge in [0.2, 0.25) is 5.95 Å². The summed E-state index contributed by atoms with van der Waals surface area (Å²) in [7, 11) is 1.60. The predicted molar refractivity (Wildman–Crippen MR) is 80.6 cm³/mol. The zero-order valence-corrected chi connectivity index (χ0v) is 12.7. The molecule has 1 aromatic heterocycles. The topological polar surface area (TPSA) is 70.6 Å². The first kappa shape index (κ1) is 15.7. The van der Waals surface area contributed by atoms with Crippen LogP contribution >= 0.6 is 0 Å². The number of methoxy groups -OCH3 is 1. The van der Waals surface area contributed by atoms with Crippen LogP contribution in [0.1, 0.15) is 17.3 Å². The molecule has 0 aromatic carbocycles. The van der Waals surface area contributed by atoms with Gasteiger partial charge in [-0.25, -0.2) is 9.97 Å². The molecule has 0 radical (unpaired) electrons. The molecule has 0 saturated carbocycles. The van der Waals surface area contributed by atoms with E-state index in [4.69, 9.17) is 4.74 Å². The quantitative estimate of drug-likeness (QED) is 0.744. The highest BCUT2D eigenvalue weighted by Crippen LogP contribution is 2.10. The SMILES string of the molecule is CCN1CCN(c2ncc(C(=O)NCCOC)cn2)CC1. The Balaban J connectivity index is 1.88. The van der Waals surface area contributed by atoms with E-state index >= 15 is 0 Å². The number of carbonyl (C=O) groups is 1. The van der Waals surface area contributed by atoms with Crippen molar-refractivity contribution in [1.29, 1.82) is 0 Å². The fourth-order valence-electron chi connectivity index (χ4n) is 2.23. The van der Waals surface area contributed by atoms with Crippen molar-refractivity contribution in [3.05, 3.63) is 18.0 Å². The molecule has 21 heavy (non-hydrogen) atoms. The highest BCUT2D eigenvalue weighted by Gasteiger charge is 2.18. The Morgan fingerprint density at radius 2 is 1.95 bits per heavy atom. The third kappa shape index (κ3) is 4.37. The third-order valence-electron chi connectivity index (χ3n) is 3.59. The molecule has 7 nitrogen and oxygen atoms in total. The Morgan fingerprint density at radius 3 is 2.52 bits per heavy atom. The summed E-state index contributed by atoms with van der Waals surface area (Å²) in [5, 5.41) is 2.75. The molecule has 1 fully saturated rings. The summed E-state index contributed by atoms with van der Waals surface area (Å²) >= 11 is 0. The van der Waals surface area contributed by atoms with E-state index in [1.165, 1.54) is 0 Å². The van der Waals surface area contributed by atoms with Crippen LogP contribution in [0.2, 0.25) is 0 Å². The average molecular weight is 293 g/mol. The minimum absolute atomic E-state index is 0.172. The van der Waals surface area contributed by atoms with Crippen molar-refractivity contribution in [3.63, 3.8) is 0 Å². The number of likely N-dealkylation sites (N-methyl/N-ethyl adjacent to an activating group) is 1. The molecule has 0 unspecified atom stereocenters. The van der Waals surface area contributed by atoms with Crippen molar-refractivity contribution >= 4 is 11.9 Å². The summed E-state index contributed by atoms with van der Waals surface area (Å²) in [4.78, 5) is 25.0.